The Bertz CT molecular complexity index is 231. The van der Waals surface area contributed by atoms with Crippen molar-refractivity contribution in [2.45, 2.75) is 104 Å². The van der Waals surface area contributed by atoms with Crippen molar-refractivity contribution in [1.29, 1.82) is 0 Å². The molecule has 2 N–H and O–H groups in total. The van der Waals surface area contributed by atoms with Gasteiger partial charge in [0.05, 0.1) is 0 Å². The second-order valence-corrected chi connectivity index (χ2v) is 6.83. The van der Waals surface area contributed by atoms with Gasteiger partial charge in [0, 0.05) is 13.1 Å². The summed E-state index contributed by atoms with van der Waals surface area (Å²) in [5.41, 5.74) is 0. The van der Waals surface area contributed by atoms with Crippen LogP contribution in [0.5, 0.6) is 0 Å². The molecule has 0 fully saturated rings. The summed E-state index contributed by atoms with van der Waals surface area (Å²) in [6.07, 6.45) is 19.0. The van der Waals surface area contributed by atoms with E-state index >= 15 is 0 Å². The van der Waals surface area contributed by atoms with E-state index in [0.29, 0.717) is 0 Å². The molecule has 132 valence electrons. The fourth-order valence-corrected chi connectivity index (χ4v) is 2.83. The second kappa shape index (κ2) is 18.7. The first-order valence-electron chi connectivity index (χ1n) is 9.83. The van der Waals surface area contributed by atoms with Crippen molar-refractivity contribution in [1.82, 2.24) is 10.6 Å². The van der Waals surface area contributed by atoms with E-state index < -0.39 is 0 Å². The van der Waals surface area contributed by atoms with E-state index in [9.17, 15) is 0 Å². The third kappa shape index (κ3) is 17.7. The molecule has 0 saturated heterocycles. The molecule has 3 heteroatoms. The van der Waals surface area contributed by atoms with Gasteiger partial charge in [-0.3, -0.25) is 0 Å². The zero-order valence-electron chi connectivity index (χ0n) is 15.2. The molecule has 0 amide bonds. The van der Waals surface area contributed by atoms with Crippen molar-refractivity contribution < 1.29 is 0 Å². The molecule has 2 nitrogen and oxygen atoms in total. The fourth-order valence-electron chi connectivity index (χ4n) is 2.63. The van der Waals surface area contributed by atoms with Crippen LogP contribution in [0.3, 0.4) is 0 Å². The number of nitrogens with one attached hydrogen (secondary N) is 2. The molecule has 0 aromatic rings. The molecule has 0 aromatic carbocycles. The van der Waals surface area contributed by atoms with Crippen molar-refractivity contribution >= 4 is 17.3 Å². The van der Waals surface area contributed by atoms with Crippen LogP contribution in [0.4, 0.5) is 0 Å². The predicted molar refractivity (Wildman–Crippen MR) is 105 cm³/mol. The number of hydrogen-bond acceptors (Lipinski definition) is 1. The van der Waals surface area contributed by atoms with Gasteiger partial charge in [0.25, 0.3) is 0 Å². The van der Waals surface area contributed by atoms with Gasteiger partial charge in [0.15, 0.2) is 5.11 Å². The van der Waals surface area contributed by atoms with Gasteiger partial charge >= 0.3 is 0 Å². The molecule has 0 bridgehead atoms. The summed E-state index contributed by atoms with van der Waals surface area (Å²) in [4.78, 5) is 0. The van der Waals surface area contributed by atoms with E-state index in [1.165, 1.54) is 89.9 Å². The van der Waals surface area contributed by atoms with Crippen LogP contribution >= 0.6 is 12.2 Å². The van der Waals surface area contributed by atoms with Gasteiger partial charge in [-0.15, -0.1) is 0 Å². The van der Waals surface area contributed by atoms with Crippen LogP contribution < -0.4 is 10.6 Å². The molecule has 0 atom stereocenters. The van der Waals surface area contributed by atoms with Crippen LogP contribution in [-0.4, -0.2) is 18.2 Å². The highest BCUT2D eigenvalue weighted by atomic mass is 32.1. The average Bonchev–Trinajstić information content (AvgIpc) is 2.52. The molecular weight excluding hydrogens is 288 g/mol. The summed E-state index contributed by atoms with van der Waals surface area (Å²) in [6, 6.07) is 0. The van der Waals surface area contributed by atoms with Gasteiger partial charge < -0.3 is 10.6 Å². The first-order valence-corrected chi connectivity index (χ1v) is 10.2. The Morgan fingerprint density at radius 1 is 0.545 bits per heavy atom. The quantitative estimate of drug-likeness (QED) is 0.270. The SMILES string of the molecule is CCCCCCCCCCNC(=S)NCCCCCCCC. The standard InChI is InChI=1S/C19H40N2S/c1-3-5-7-9-11-12-14-16-18-21-19(22)20-17-15-13-10-8-6-4-2/h3-18H2,1-2H3,(H2,20,21,22). The van der Waals surface area contributed by atoms with Crippen LogP contribution in [0, 0.1) is 0 Å². The summed E-state index contributed by atoms with van der Waals surface area (Å²) in [5.74, 6) is 0. The highest BCUT2D eigenvalue weighted by molar-refractivity contribution is 7.80. The minimum absolute atomic E-state index is 0.844. The Labute approximate surface area is 145 Å². The van der Waals surface area contributed by atoms with Crippen molar-refractivity contribution in [3.8, 4) is 0 Å². The Kier molecular flexibility index (Phi) is 18.5. The lowest BCUT2D eigenvalue weighted by atomic mass is 10.1. The molecule has 0 radical (unpaired) electrons. The third-order valence-electron chi connectivity index (χ3n) is 4.13. The van der Waals surface area contributed by atoms with Gasteiger partial charge in [-0.2, -0.15) is 0 Å². The maximum atomic E-state index is 5.30. The first kappa shape index (κ1) is 21.7. The van der Waals surface area contributed by atoms with E-state index in [0.717, 1.165) is 18.2 Å². The van der Waals surface area contributed by atoms with Crippen molar-refractivity contribution in [3.63, 3.8) is 0 Å². The average molecular weight is 329 g/mol. The van der Waals surface area contributed by atoms with E-state index in [1.54, 1.807) is 0 Å². The maximum absolute atomic E-state index is 5.30. The molecule has 0 aliphatic rings. The smallest absolute Gasteiger partial charge is 0.166 e. The minimum atomic E-state index is 0.844. The fraction of sp³-hybridized carbons (Fsp3) is 0.947. The lowest BCUT2D eigenvalue weighted by molar-refractivity contribution is 0.571. The third-order valence-corrected chi connectivity index (χ3v) is 4.42. The maximum Gasteiger partial charge on any atom is 0.166 e. The molecule has 0 aliphatic carbocycles. The highest BCUT2D eigenvalue weighted by Gasteiger charge is 1.96. The summed E-state index contributed by atoms with van der Waals surface area (Å²) in [6.45, 7) is 6.58. The van der Waals surface area contributed by atoms with Gasteiger partial charge in [-0.1, -0.05) is 90.9 Å². The van der Waals surface area contributed by atoms with Crippen LogP contribution in [0.15, 0.2) is 0 Å². The normalized spacial score (nSPS) is 10.6. The molecule has 0 unspecified atom stereocenters. The van der Waals surface area contributed by atoms with Crippen LogP contribution in [-0.2, 0) is 0 Å². The van der Waals surface area contributed by atoms with Crippen molar-refractivity contribution in [2.75, 3.05) is 13.1 Å². The molecule has 22 heavy (non-hydrogen) atoms. The number of rotatable bonds is 16. The lowest BCUT2D eigenvalue weighted by Gasteiger charge is -2.10. The van der Waals surface area contributed by atoms with Crippen LogP contribution in [0.2, 0.25) is 0 Å². The highest BCUT2D eigenvalue weighted by Crippen LogP contribution is 2.07. The number of thiocarbonyl (C=S) groups is 1. The van der Waals surface area contributed by atoms with Gasteiger partial charge in [0.1, 0.15) is 0 Å². The van der Waals surface area contributed by atoms with E-state index in [2.05, 4.69) is 24.5 Å². The molecule has 0 aliphatic heterocycles. The number of hydrogen-bond donors (Lipinski definition) is 2. The van der Waals surface area contributed by atoms with Crippen molar-refractivity contribution in [3.05, 3.63) is 0 Å². The summed E-state index contributed by atoms with van der Waals surface area (Å²) >= 11 is 5.30. The van der Waals surface area contributed by atoms with Crippen LogP contribution in [0.25, 0.3) is 0 Å². The largest absolute Gasteiger partial charge is 0.363 e. The summed E-state index contributed by atoms with van der Waals surface area (Å²) in [7, 11) is 0. The summed E-state index contributed by atoms with van der Waals surface area (Å²) < 4.78 is 0. The number of unbranched alkanes of at least 4 members (excludes halogenated alkanes) is 12. The minimum Gasteiger partial charge on any atom is -0.363 e. The summed E-state index contributed by atoms with van der Waals surface area (Å²) in [5, 5.41) is 7.49. The van der Waals surface area contributed by atoms with Crippen LogP contribution in [0.1, 0.15) is 104 Å². The van der Waals surface area contributed by atoms with Gasteiger partial charge in [-0.05, 0) is 25.1 Å². The zero-order chi connectivity index (χ0) is 16.3. The molecular formula is C19H40N2S. The predicted octanol–water partition coefficient (Wildman–Crippen LogP) is 5.95. The molecule has 0 heterocycles. The Hall–Kier alpha value is -0.310. The topological polar surface area (TPSA) is 24.1 Å². The molecule has 0 spiro atoms. The Morgan fingerprint density at radius 3 is 1.23 bits per heavy atom. The molecule has 0 rings (SSSR count). The van der Waals surface area contributed by atoms with E-state index in [-0.39, 0.29) is 0 Å². The first-order chi connectivity index (χ1) is 10.8. The van der Waals surface area contributed by atoms with Gasteiger partial charge in [0.2, 0.25) is 0 Å². The van der Waals surface area contributed by atoms with Gasteiger partial charge in [-0.25, -0.2) is 0 Å². The molecule has 0 saturated carbocycles. The zero-order valence-corrected chi connectivity index (χ0v) is 16.0. The van der Waals surface area contributed by atoms with E-state index in [1.807, 2.05) is 0 Å². The monoisotopic (exact) mass is 328 g/mol. The molecule has 0 aromatic heterocycles. The van der Waals surface area contributed by atoms with E-state index in [4.69, 9.17) is 12.2 Å². The Balaban J connectivity index is 3.13. The van der Waals surface area contributed by atoms with Crippen molar-refractivity contribution in [2.24, 2.45) is 0 Å². The lowest BCUT2D eigenvalue weighted by Crippen LogP contribution is -2.36. The second-order valence-electron chi connectivity index (χ2n) is 6.43. The Morgan fingerprint density at radius 2 is 0.864 bits per heavy atom.